The van der Waals surface area contributed by atoms with E-state index in [1.807, 2.05) is 6.92 Å². The molecule has 1 aromatic heterocycles. The molecule has 1 aromatic carbocycles. The standard InChI is InChI=1S/C21H19F3N4O2S/c1-11-28-21(10-30-20(4-5-20)17(21)9-31-11)13-6-12(2-3-14(13)22)27-19(29)16-8-25-15(7-26-16)18(23)24/h2-3,6-8,17-18H,4-5,9-10H2,1H3,(H,27,29). The minimum absolute atomic E-state index is 0.0573. The number of aliphatic imine (C=N–C) groups is 1. The van der Waals surface area contributed by atoms with Crippen LogP contribution in [0.15, 0.2) is 35.6 Å². The number of benzene rings is 1. The van der Waals surface area contributed by atoms with Gasteiger partial charge in [0.15, 0.2) is 0 Å². The van der Waals surface area contributed by atoms with Gasteiger partial charge in [-0.3, -0.25) is 14.8 Å². The molecule has 0 bridgehead atoms. The van der Waals surface area contributed by atoms with Gasteiger partial charge < -0.3 is 10.1 Å². The van der Waals surface area contributed by atoms with E-state index in [0.717, 1.165) is 36.0 Å². The van der Waals surface area contributed by atoms with Crippen LogP contribution in [0.25, 0.3) is 0 Å². The Morgan fingerprint density at radius 2 is 2.10 bits per heavy atom. The molecule has 2 aliphatic heterocycles. The van der Waals surface area contributed by atoms with Crippen LogP contribution in [-0.2, 0) is 10.3 Å². The van der Waals surface area contributed by atoms with Crippen LogP contribution in [-0.4, -0.2) is 38.9 Å². The lowest BCUT2D eigenvalue weighted by atomic mass is 9.77. The number of rotatable bonds is 4. The molecule has 1 aliphatic carbocycles. The fourth-order valence-electron chi connectivity index (χ4n) is 4.45. The molecule has 2 aromatic rings. The molecule has 1 saturated heterocycles. The molecular weight excluding hydrogens is 429 g/mol. The Labute approximate surface area is 180 Å². The molecule has 2 atom stereocenters. The third kappa shape index (κ3) is 3.41. The van der Waals surface area contributed by atoms with Gasteiger partial charge in [-0.2, -0.15) is 0 Å². The Kier molecular flexibility index (Phi) is 4.82. The van der Waals surface area contributed by atoms with Crippen molar-refractivity contribution in [2.24, 2.45) is 10.9 Å². The van der Waals surface area contributed by atoms with Gasteiger partial charge in [-0.15, -0.1) is 11.8 Å². The highest BCUT2D eigenvalue weighted by Gasteiger charge is 2.66. The van der Waals surface area contributed by atoms with Crippen LogP contribution >= 0.6 is 11.8 Å². The van der Waals surface area contributed by atoms with Crippen molar-refractivity contribution in [3.05, 3.63) is 53.4 Å². The van der Waals surface area contributed by atoms with Crippen LogP contribution in [0.4, 0.5) is 18.9 Å². The summed E-state index contributed by atoms with van der Waals surface area (Å²) in [5, 5.41) is 3.52. The van der Waals surface area contributed by atoms with E-state index in [1.54, 1.807) is 17.8 Å². The first-order valence-corrected chi connectivity index (χ1v) is 10.9. The monoisotopic (exact) mass is 448 g/mol. The number of halogens is 3. The number of hydrogen-bond donors (Lipinski definition) is 1. The SMILES string of the molecule is CC1=NC2(c3cc(NC(=O)c4cnc(C(F)F)cn4)ccc3F)COC3(CC3)C2CS1. The molecule has 10 heteroatoms. The maximum absolute atomic E-state index is 15.0. The highest BCUT2D eigenvalue weighted by Crippen LogP contribution is 2.62. The summed E-state index contributed by atoms with van der Waals surface area (Å²) >= 11 is 1.66. The molecule has 3 aliphatic rings. The second-order valence-corrected chi connectivity index (χ2v) is 9.26. The molecular formula is C21H19F3N4O2S. The number of fused-ring (bicyclic) bond motifs is 2. The first kappa shape index (κ1) is 20.4. The van der Waals surface area contributed by atoms with E-state index in [0.29, 0.717) is 17.9 Å². The van der Waals surface area contributed by atoms with E-state index in [4.69, 9.17) is 9.73 Å². The summed E-state index contributed by atoms with van der Waals surface area (Å²) < 4.78 is 46.4. The van der Waals surface area contributed by atoms with Crippen molar-refractivity contribution in [1.82, 2.24) is 9.97 Å². The Bertz CT molecular complexity index is 1070. The molecule has 1 amide bonds. The van der Waals surface area contributed by atoms with Crippen molar-refractivity contribution < 1.29 is 22.7 Å². The zero-order chi connectivity index (χ0) is 21.8. The van der Waals surface area contributed by atoms with E-state index >= 15 is 4.39 Å². The number of amides is 1. The van der Waals surface area contributed by atoms with Gasteiger partial charge in [0.05, 0.1) is 29.6 Å². The summed E-state index contributed by atoms with van der Waals surface area (Å²) in [6.45, 7) is 2.20. The Morgan fingerprint density at radius 1 is 1.29 bits per heavy atom. The smallest absolute Gasteiger partial charge is 0.281 e. The summed E-state index contributed by atoms with van der Waals surface area (Å²) in [6, 6.07) is 4.33. The molecule has 5 rings (SSSR count). The van der Waals surface area contributed by atoms with Crippen LogP contribution in [0.3, 0.4) is 0 Å². The first-order chi connectivity index (χ1) is 14.8. The van der Waals surface area contributed by atoms with Gasteiger partial charge in [0.25, 0.3) is 12.3 Å². The van der Waals surface area contributed by atoms with E-state index < -0.39 is 29.4 Å². The molecule has 1 saturated carbocycles. The number of alkyl halides is 2. The number of carbonyl (C=O) groups excluding carboxylic acids is 1. The fraction of sp³-hybridized carbons (Fsp3) is 0.429. The Hall–Kier alpha value is -2.46. The van der Waals surface area contributed by atoms with Gasteiger partial charge in [-0.25, -0.2) is 18.2 Å². The third-order valence-corrected chi connectivity index (χ3v) is 7.18. The van der Waals surface area contributed by atoms with E-state index in [1.165, 1.54) is 12.1 Å². The van der Waals surface area contributed by atoms with Gasteiger partial charge in [-0.05, 0) is 38.0 Å². The van der Waals surface area contributed by atoms with Crippen molar-refractivity contribution in [3.63, 3.8) is 0 Å². The third-order valence-electron chi connectivity index (χ3n) is 6.17. The molecule has 0 radical (unpaired) electrons. The number of nitrogens with zero attached hydrogens (tertiary/aromatic N) is 3. The summed E-state index contributed by atoms with van der Waals surface area (Å²) in [5.74, 6) is -0.173. The predicted molar refractivity (Wildman–Crippen MR) is 110 cm³/mol. The average molecular weight is 448 g/mol. The summed E-state index contributed by atoms with van der Waals surface area (Å²) in [5.41, 5.74) is -0.935. The molecule has 3 heterocycles. The topological polar surface area (TPSA) is 76.5 Å². The van der Waals surface area contributed by atoms with Gasteiger partial charge >= 0.3 is 0 Å². The molecule has 6 nitrogen and oxygen atoms in total. The Morgan fingerprint density at radius 3 is 2.77 bits per heavy atom. The van der Waals surface area contributed by atoms with Crippen LogP contribution < -0.4 is 5.32 Å². The Balaban J connectivity index is 1.45. The number of carbonyl (C=O) groups is 1. The number of anilines is 1. The molecule has 1 spiro atoms. The normalized spacial score (nSPS) is 26.0. The van der Waals surface area contributed by atoms with E-state index in [9.17, 15) is 13.6 Å². The van der Waals surface area contributed by atoms with E-state index in [-0.39, 0.29) is 17.2 Å². The highest BCUT2D eigenvalue weighted by atomic mass is 32.2. The maximum Gasteiger partial charge on any atom is 0.281 e. The van der Waals surface area contributed by atoms with Crippen LogP contribution in [0.2, 0.25) is 0 Å². The second-order valence-electron chi connectivity index (χ2n) is 8.05. The van der Waals surface area contributed by atoms with Gasteiger partial charge in [0.1, 0.15) is 22.7 Å². The highest BCUT2D eigenvalue weighted by molar-refractivity contribution is 8.13. The zero-order valence-electron chi connectivity index (χ0n) is 16.6. The van der Waals surface area contributed by atoms with Crippen LogP contribution in [0.5, 0.6) is 0 Å². The lowest BCUT2D eigenvalue weighted by Crippen LogP contribution is -2.41. The van der Waals surface area contributed by atoms with Crippen LogP contribution in [0, 0.1) is 11.7 Å². The predicted octanol–water partition coefficient (Wildman–Crippen LogP) is 4.35. The maximum atomic E-state index is 15.0. The average Bonchev–Trinajstić information content (AvgIpc) is 3.47. The summed E-state index contributed by atoms with van der Waals surface area (Å²) in [6.07, 6.45) is 0.975. The lowest BCUT2D eigenvalue weighted by molar-refractivity contribution is 0.0721. The summed E-state index contributed by atoms with van der Waals surface area (Å²) in [7, 11) is 0. The summed E-state index contributed by atoms with van der Waals surface area (Å²) in [4.78, 5) is 24.7. The minimum atomic E-state index is -2.77. The van der Waals surface area contributed by atoms with Crippen molar-refractivity contribution in [1.29, 1.82) is 0 Å². The number of thioether (sulfide) groups is 1. The molecule has 31 heavy (non-hydrogen) atoms. The number of nitrogens with one attached hydrogen (secondary N) is 1. The van der Waals surface area contributed by atoms with E-state index in [2.05, 4.69) is 15.3 Å². The lowest BCUT2D eigenvalue weighted by Gasteiger charge is -2.36. The molecule has 1 N–H and O–H groups in total. The van der Waals surface area contributed by atoms with Crippen molar-refractivity contribution in [3.8, 4) is 0 Å². The van der Waals surface area contributed by atoms with Crippen molar-refractivity contribution >= 4 is 28.4 Å². The van der Waals surface area contributed by atoms with Crippen molar-refractivity contribution in [2.45, 2.75) is 37.3 Å². The van der Waals surface area contributed by atoms with Crippen molar-refractivity contribution in [2.75, 3.05) is 17.7 Å². The number of aromatic nitrogens is 2. The zero-order valence-corrected chi connectivity index (χ0v) is 17.4. The molecule has 2 unspecified atom stereocenters. The quantitative estimate of drug-likeness (QED) is 0.753. The van der Waals surface area contributed by atoms with Gasteiger partial charge in [-0.1, -0.05) is 0 Å². The van der Waals surface area contributed by atoms with Gasteiger partial charge in [0, 0.05) is 22.9 Å². The minimum Gasteiger partial charge on any atom is -0.372 e. The number of hydrogen-bond acceptors (Lipinski definition) is 6. The molecule has 2 fully saturated rings. The van der Waals surface area contributed by atoms with Crippen LogP contribution in [0.1, 0.15) is 47.9 Å². The number of ether oxygens (including phenoxy) is 1. The van der Waals surface area contributed by atoms with Gasteiger partial charge in [0.2, 0.25) is 0 Å². The molecule has 162 valence electrons. The largest absolute Gasteiger partial charge is 0.372 e. The fourth-order valence-corrected chi connectivity index (χ4v) is 5.66. The first-order valence-electron chi connectivity index (χ1n) is 9.88. The second kappa shape index (κ2) is 7.30.